The number of halogens is 4. The predicted octanol–water partition coefficient (Wildman–Crippen LogP) is 3.89. The standard InChI is InChI=1S/C20H21F4N3O2/c1-11-9-26(17(28)15-6-5-13(21)7-16(15)12-3-4-12)10-14-8-25-18(27(11)14)19(2,29)20(22,23)24/h5-8,11-12,29H,3-4,9-10H2,1-2H3/t11-,19?/m0/s1. The van der Waals surface area contributed by atoms with E-state index in [4.69, 9.17) is 0 Å². The first-order chi connectivity index (χ1) is 13.5. The number of hydrogen-bond acceptors (Lipinski definition) is 3. The Hall–Kier alpha value is -2.42. The lowest BCUT2D eigenvalue weighted by atomic mass is 10.0. The van der Waals surface area contributed by atoms with E-state index >= 15 is 0 Å². The minimum absolute atomic E-state index is 0.0611. The molecule has 1 aromatic heterocycles. The Balaban J connectivity index is 1.65. The summed E-state index contributed by atoms with van der Waals surface area (Å²) in [6.45, 7) is 2.57. The van der Waals surface area contributed by atoms with Crippen LogP contribution in [0.1, 0.15) is 66.1 Å². The zero-order chi connectivity index (χ0) is 21.1. The van der Waals surface area contributed by atoms with E-state index in [1.165, 1.54) is 33.9 Å². The smallest absolute Gasteiger partial charge is 0.374 e. The van der Waals surface area contributed by atoms with Crippen LogP contribution in [0.4, 0.5) is 17.6 Å². The zero-order valence-electron chi connectivity index (χ0n) is 16.0. The number of imidazole rings is 1. The van der Waals surface area contributed by atoms with Gasteiger partial charge in [0.05, 0.1) is 24.5 Å². The number of aliphatic hydroxyl groups is 1. The third kappa shape index (κ3) is 3.31. The third-order valence-corrected chi connectivity index (χ3v) is 5.69. The van der Waals surface area contributed by atoms with Crippen LogP contribution in [0.25, 0.3) is 0 Å². The molecule has 1 aliphatic heterocycles. The van der Waals surface area contributed by atoms with Crippen molar-refractivity contribution in [3.63, 3.8) is 0 Å². The van der Waals surface area contributed by atoms with Gasteiger partial charge >= 0.3 is 6.18 Å². The second-order valence-electron chi connectivity index (χ2n) is 8.05. The van der Waals surface area contributed by atoms with Crippen LogP contribution in [0.5, 0.6) is 0 Å². The molecule has 0 saturated heterocycles. The van der Waals surface area contributed by atoms with Gasteiger partial charge in [-0.05, 0) is 56.4 Å². The molecule has 2 aliphatic rings. The molecular formula is C20H21F4N3O2. The van der Waals surface area contributed by atoms with Crippen LogP contribution in [0.3, 0.4) is 0 Å². The maximum absolute atomic E-state index is 13.7. The van der Waals surface area contributed by atoms with E-state index in [2.05, 4.69) is 4.98 Å². The van der Waals surface area contributed by atoms with Crippen LogP contribution < -0.4 is 0 Å². The summed E-state index contributed by atoms with van der Waals surface area (Å²) >= 11 is 0. The van der Waals surface area contributed by atoms with Crippen LogP contribution >= 0.6 is 0 Å². The summed E-state index contributed by atoms with van der Waals surface area (Å²) in [5.74, 6) is -0.992. The predicted molar refractivity (Wildman–Crippen MR) is 95.7 cm³/mol. The SMILES string of the molecule is C[C@H]1CN(C(=O)c2ccc(F)cc2C2CC2)Cc2cnc(C(C)(O)C(F)(F)F)n21. The lowest BCUT2D eigenvalue weighted by molar-refractivity contribution is -0.263. The highest BCUT2D eigenvalue weighted by molar-refractivity contribution is 5.96. The van der Waals surface area contributed by atoms with E-state index in [0.717, 1.165) is 12.8 Å². The molecule has 1 saturated carbocycles. The van der Waals surface area contributed by atoms with Gasteiger partial charge in [-0.3, -0.25) is 4.79 Å². The number of rotatable bonds is 3. The van der Waals surface area contributed by atoms with Gasteiger partial charge in [0.1, 0.15) is 5.82 Å². The molecule has 9 heteroatoms. The number of benzene rings is 1. The molecule has 2 aromatic rings. The Labute approximate surface area is 165 Å². The fourth-order valence-corrected chi connectivity index (χ4v) is 3.94. The molecule has 1 aliphatic carbocycles. The number of fused-ring (bicyclic) bond motifs is 1. The zero-order valence-corrected chi connectivity index (χ0v) is 16.0. The summed E-state index contributed by atoms with van der Waals surface area (Å²) in [5.41, 5.74) is -1.58. The molecule has 4 rings (SSSR count). The van der Waals surface area contributed by atoms with Crippen molar-refractivity contribution in [3.05, 3.63) is 52.9 Å². The van der Waals surface area contributed by atoms with Gasteiger partial charge in [0.15, 0.2) is 5.82 Å². The maximum Gasteiger partial charge on any atom is 0.424 e. The number of amides is 1. The topological polar surface area (TPSA) is 58.4 Å². The maximum atomic E-state index is 13.7. The van der Waals surface area contributed by atoms with Crippen molar-refractivity contribution in [2.24, 2.45) is 0 Å². The summed E-state index contributed by atoms with van der Waals surface area (Å²) in [4.78, 5) is 18.5. The van der Waals surface area contributed by atoms with Gasteiger partial charge in [0.25, 0.3) is 5.91 Å². The van der Waals surface area contributed by atoms with Gasteiger partial charge in [0, 0.05) is 12.1 Å². The Morgan fingerprint density at radius 3 is 2.59 bits per heavy atom. The summed E-state index contributed by atoms with van der Waals surface area (Å²) in [6.07, 6.45) is -1.81. The number of carbonyl (C=O) groups excluding carboxylic acids is 1. The van der Waals surface area contributed by atoms with Crippen molar-refractivity contribution in [1.82, 2.24) is 14.5 Å². The normalized spacial score (nSPS) is 21.6. The van der Waals surface area contributed by atoms with Crippen molar-refractivity contribution >= 4 is 5.91 Å². The van der Waals surface area contributed by atoms with Crippen molar-refractivity contribution < 1.29 is 27.5 Å². The third-order valence-electron chi connectivity index (χ3n) is 5.69. The molecule has 0 bridgehead atoms. The molecule has 1 N–H and O–H groups in total. The van der Waals surface area contributed by atoms with Crippen LogP contribution in [-0.4, -0.2) is 38.2 Å². The molecule has 1 aromatic carbocycles. The molecule has 1 fully saturated rings. The number of hydrogen-bond donors (Lipinski definition) is 1. The molecular weight excluding hydrogens is 390 g/mol. The van der Waals surface area contributed by atoms with Gasteiger partial charge in [-0.15, -0.1) is 0 Å². The summed E-state index contributed by atoms with van der Waals surface area (Å²) in [6, 6.07) is 3.59. The van der Waals surface area contributed by atoms with Crippen molar-refractivity contribution in [3.8, 4) is 0 Å². The van der Waals surface area contributed by atoms with Gasteiger partial charge in [0.2, 0.25) is 5.60 Å². The first-order valence-electron chi connectivity index (χ1n) is 9.45. The van der Waals surface area contributed by atoms with Crippen molar-refractivity contribution in [2.45, 2.75) is 57.0 Å². The largest absolute Gasteiger partial charge is 0.424 e. The monoisotopic (exact) mass is 411 g/mol. The molecule has 1 unspecified atom stereocenters. The van der Waals surface area contributed by atoms with Crippen LogP contribution in [0.15, 0.2) is 24.4 Å². The molecule has 2 heterocycles. The highest BCUT2D eigenvalue weighted by atomic mass is 19.4. The molecule has 156 valence electrons. The number of nitrogens with zero attached hydrogens (tertiary/aromatic N) is 3. The molecule has 0 spiro atoms. The first kappa shape index (κ1) is 19.9. The lowest BCUT2D eigenvalue weighted by Gasteiger charge is -2.36. The van der Waals surface area contributed by atoms with Gasteiger partial charge in [-0.25, -0.2) is 9.37 Å². The quantitative estimate of drug-likeness (QED) is 0.780. The average Bonchev–Trinajstić information content (AvgIpc) is 3.38. The first-order valence-corrected chi connectivity index (χ1v) is 9.45. The fourth-order valence-electron chi connectivity index (χ4n) is 3.94. The number of aromatic nitrogens is 2. The Morgan fingerprint density at radius 2 is 1.97 bits per heavy atom. The Bertz CT molecular complexity index is 963. The van der Waals surface area contributed by atoms with Crippen LogP contribution in [0.2, 0.25) is 0 Å². The highest BCUT2D eigenvalue weighted by Gasteiger charge is 2.55. The number of carbonyl (C=O) groups is 1. The van der Waals surface area contributed by atoms with Crippen molar-refractivity contribution in [1.29, 1.82) is 0 Å². The van der Waals surface area contributed by atoms with E-state index in [1.54, 1.807) is 6.92 Å². The highest BCUT2D eigenvalue weighted by Crippen LogP contribution is 2.43. The van der Waals surface area contributed by atoms with Crippen LogP contribution in [-0.2, 0) is 12.1 Å². The number of alkyl halides is 3. The van der Waals surface area contributed by atoms with E-state index in [0.29, 0.717) is 23.7 Å². The summed E-state index contributed by atoms with van der Waals surface area (Å²) in [5, 5.41) is 10.0. The molecule has 5 nitrogen and oxygen atoms in total. The fraction of sp³-hybridized carbons (Fsp3) is 0.500. The summed E-state index contributed by atoms with van der Waals surface area (Å²) in [7, 11) is 0. The Morgan fingerprint density at radius 1 is 1.28 bits per heavy atom. The minimum atomic E-state index is -4.88. The molecule has 1 amide bonds. The lowest BCUT2D eigenvalue weighted by Crippen LogP contribution is -2.45. The minimum Gasteiger partial charge on any atom is -0.374 e. The van der Waals surface area contributed by atoms with Gasteiger partial charge < -0.3 is 14.6 Å². The van der Waals surface area contributed by atoms with E-state index < -0.39 is 29.5 Å². The second-order valence-corrected chi connectivity index (χ2v) is 8.05. The average molecular weight is 411 g/mol. The van der Waals surface area contributed by atoms with Gasteiger partial charge in [-0.2, -0.15) is 13.2 Å². The Kier molecular flexibility index (Phi) is 4.49. The van der Waals surface area contributed by atoms with Crippen LogP contribution in [0, 0.1) is 5.82 Å². The van der Waals surface area contributed by atoms with E-state index in [1.807, 2.05) is 0 Å². The van der Waals surface area contributed by atoms with Crippen molar-refractivity contribution in [2.75, 3.05) is 6.54 Å². The summed E-state index contributed by atoms with van der Waals surface area (Å²) < 4.78 is 54.9. The van der Waals surface area contributed by atoms with E-state index in [-0.39, 0.29) is 24.9 Å². The van der Waals surface area contributed by atoms with E-state index in [9.17, 15) is 27.5 Å². The molecule has 2 atom stereocenters. The molecule has 0 radical (unpaired) electrons. The molecule has 29 heavy (non-hydrogen) atoms. The van der Waals surface area contributed by atoms with Gasteiger partial charge in [-0.1, -0.05) is 0 Å². The second kappa shape index (κ2) is 6.55.